The van der Waals surface area contributed by atoms with Crippen molar-refractivity contribution in [3.8, 4) is 17.6 Å². The number of anilines is 2. The van der Waals surface area contributed by atoms with E-state index in [-0.39, 0.29) is 11.5 Å². The first-order chi connectivity index (χ1) is 10.9. The summed E-state index contributed by atoms with van der Waals surface area (Å²) in [5, 5.41) is 12.3. The average Bonchev–Trinajstić information content (AvgIpc) is 2.46. The van der Waals surface area contributed by atoms with E-state index in [1.807, 2.05) is 0 Å². The highest BCUT2D eigenvalue weighted by molar-refractivity contribution is 5.69. The third kappa shape index (κ3) is 3.86. The normalized spacial score (nSPS) is 10.3. The van der Waals surface area contributed by atoms with Gasteiger partial charge in [-0.05, 0) is 32.0 Å². The molecule has 0 spiro atoms. The maximum Gasteiger partial charge on any atom is 0.387 e. The fourth-order valence-corrected chi connectivity index (χ4v) is 2.17. The van der Waals surface area contributed by atoms with Gasteiger partial charge in [0.15, 0.2) is 11.5 Å². The fraction of sp³-hybridized carbons (Fsp3) is 0.250. The molecule has 120 valence electrons. The molecule has 0 unspecified atom stereocenters. The molecule has 7 heteroatoms. The number of nitriles is 1. The van der Waals surface area contributed by atoms with Gasteiger partial charge in [-0.3, -0.25) is 4.98 Å². The summed E-state index contributed by atoms with van der Waals surface area (Å²) >= 11 is 0. The molecule has 1 heterocycles. The van der Waals surface area contributed by atoms with Gasteiger partial charge in [-0.1, -0.05) is 0 Å². The predicted octanol–water partition coefficient (Wildman–Crippen LogP) is 3.92. The van der Waals surface area contributed by atoms with Gasteiger partial charge in [0, 0.05) is 17.4 Å². The molecule has 2 rings (SSSR count). The zero-order chi connectivity index (χ0) is 17.0. The van der Waals surface area contributed by atoms with Crippen molar-refractivity contribution in [2.75, 3.05) is 12.4 Å². The number of methoxy groups -OCH3 is 1. The molecule has 1 aromatic heterocycles. The molecule has 0 amide bonds. The Bertz CT molecular complexity index is 758. The van der Waals surface area contributed by atoms with Crippen LogP contribution >= 0.6 is 0 Å². The van der Waals surface area contributed by atoms with Crippen LogP contribution in [0.4, 0.5) is 20.2 Å². The lowest BCUT2D eigenvalue weighted by Crippen LogP contribution is -2.04. The van der Waals surface area contributed by atoms with E-state index in [4.69, 9.17) is 4.74 Å². The number of aromatic nitrogens is 1. The lowest BCUT2D eigenvalue weighted by molar-refractivity contribution is -0.0511. The van der Waals surface area contributed by atoms with Crippen LogP contribution in [0.2, 0.25) is 0 Å². The largest absolute Gasteiger partial charge is 0.493 e. The average molecular weight is 319 g/mol. The Morgan fingerprint density at radius 3 is 2.57 bits per heavy atom. The van der Waals surface area contributed by atoms with Crippen LogP contribution in [-0.2, 0) is 0 Å². The number of hydrogen-bond donors (Lipinski definition) is 1. The molecule has 0 atom stereocenters. The molecule has 0 radical (unpaired) electrons. The van der Waals surface area contributed by atoms with E-state index in [9.17, 15) is 14.0 Å². The fourth-order valence-electron chi connectivity index (χ4n) is 2.17. The summed E-state index contributed by atoms with van der Waals surface area (Å²) in [5.74, 6) is 0.104. The van der Waals surface area contributed by atoms with Crippen molar-refractivity contribution in [2.45, 2.75) is 20.5 Å². The van der Waals surface area contributed by atoms with E-state index in [0.717, 1.165) is 5.69 Å². The number of nitrogens with one attached hydrogen (secondary N) is 1. The molecule has 0 saturated carbocycles. The van der Waals surface area contributed by atoms with Gasteiger partial charge in [0.2, 0.25) is 0 Å². The van der Waals surface area contributed by atoms with Crippen LogP contribution in [0.25, 0.3) is 0 Å². The van der Waals surface area contributed by atoms with E-state index in [1.165, 1.54) is 19.2 Å². The van der Waals surface area contributed by atoms with Crippen molar-refractivity contribution in [3.63, 3.8) is 0 Å². The molecule has 1 N–H and O–H groups in total. The Balaban J connectivity index is 2.39. The van der Waals surface area contributed by atoms with Crippen molar-refractivity contribution in [2.24, 2.45) is 0 Å². The molecule has 2 aromatic rings. The van der Waals surface area contributed by atoms with Crippen molar-refractivity contribution < 1.29 is 18.3 Å². The van der Waals surface area contributed by atoms with Crippen molar-refractivity contribution in [1.29, 1.82) is 5.26 Å². The van der Waals surface area contributed by atoms with E-state index >= 15 is 0 Å². The number of benzene rings is 1. The molecule has 23 heavy (non-hydrogen) atoms. The van der Waals surface area contributed by atoms with Crippen LogP contribution in [0, 0.1) is 25.2 Å². The van der Waals surface area contributed by atoms with Crippen LogP contribution in [0.15, 0.2) is 24.3 Å². The second kappa shape index (κ2) is 6.92. The highest BCUT2D eigenvalue weighted by Gasteiger charge is 2.13. The summed E-state index contributed by atoms with van der Waals surface area (Å²) in [4.78, 5) is 4.22. The Morgan fingerprint density at radius 1 is 1.22 bits per heavy atom. The highest BCUT2D eigenvalue weighted by atomic mass is 19.3. The minimum atomic E-state index is -2.96. The molecule has 0 bridgehead atoms. The zero-order valence-electron chi connectivity index (χ0n) is 12.9. The number of rotatable bonds is 5. The molecule has 0 saturated heterocycles. The van der Waals surface area contributed by atoms with Crippen LogP contribution in [-0.4, -0.2) is 18.7 Å². The van der Waals surface area contributed by atoms with Crippen LogP contribution in [0.3, 0.4) is 0 Å². The minimum absolute atomic E-state index is 0.0893. The minimum Gasteiger partial charge on any atom is -0.493 e. The Kier molecular flexibility index (Phi) is 4.96. The summed E-state index contributed by atoms with van der Waals surface area (Å²) in [7, 11) is 1.37. The van der Waals surface area contributed by atoms with Gasteiger partial charge in [-0.2, -0.15) is 14.0 Å². The molecule has 1 aromatic carbocycles. The number of hydrogen-bond acceptors (Lipinski definition) is 5. The maximum absolute atomic E-state index is 12.5. The molecular formula is C16H15F2N3O2. The van der Waals surface area contributed by atoms with Crippen molar-refractivity contribution >= 4 is 11.4 Å². The van der Waals surface area contributed by atoms with Gasteiger partial charge in [0.25, 0.3) is 0 Å². The van der Waals surface area contributed by atoms with E-state index in [1.54, 1.807) is 26.0 Å². The molecule has 0 aliphatic heterocycles. The number of nitrogens with zero attached hydrogens (tertiary/aromatic N) is 2. The summed E-state index contributed by atoms with van der Waals surface area (Å²) in [6.45, 7) is 0.577. The highest BCUT2D eigenvalue weighted by Crippen LogP contribution is 2.33. The van der Waals surface area contributed by atoms with E-state index in [2.05, 4.69) is 21.1 Å². The second-order valence-corrected chi connectivity index (χ2v) is 4.75. The Morgan fingerprint density at radius 2 is 1.96 bits per heavy atom. The predicted molar refractivity (Wildman–Crippen MR) is 81.3 cm³/mol. The summed E-state index contributed by atoms with van der Waals surface area (Å²) in [5.41, 5.74) is 2.76. The van der Waals surface area contributed by atoms with Crippen LogP contribution in [0.5, 0.6) is 11.5 Å². The standard InChI is InChI=1S/C16H15F2N3O2/c1-9-6-13(12(8-19)10(2)20-9)21-11-4-5-14(22-3)15(7-11)23-16(17)18/h4-7,16H,1-3H3,(H,20,21). The first-order valence-electron chi connectivity index (χ1n) is 6.72. The third-order valence-corrected chi connectivity index (χ3v) is 3.10. The number of pyridine rings is 1. The van der Waals surface area contributed by atoms with Crippen LogP contribution in [0.1, 0.15) is 17.0 Å². The second-order valence-electron chi connectivity index (χ2n) is 4.75. The van der Waals surface area contributed by atoms with Gasteiger partial charge in [-0.25, -0.2) is 0 Å². The van der Waals surface area contributed by atoms with E-state index < -0.39 is 6.61 Å². The topological polar surface area (TPSA) is 67.2 Å². The SMILES string of the molecule is COc1ccc(Nc2cc(C)nc(C)c2C#N)cc1OC(F)F. The quantitative estimate of drug-likeness (QED) is 0.904. The molecule has 0 aliphatic rings. The Labute approximate surface area is 132 Å². The third-order valence-electron chi connectivity index (χ3n) is 3.10. The summed E-state index contributed by atoms with van der Waals surface area (Å²) in [6, 6.07) is 8.33. The lowest BCUT2D eigenvalue weighted by Gasteiger charge is -2.14. The van der Waals surface area contributed by atoms with Crippen molar-refractivity contribution in [1.82, 2.24) is 4.98 Å². The first kappa shape index (κ1) is 16.5. The van der Waals surface area contributed by atoms with Gasteiger partial charge < -0.3 is 14.8 Å². The van der Waals surface area contributed by atoms with Crippen molar-refractivity contribution in [3.05, 3.63) is 41.2 Å². The number of aryl methyl sites for hydroxylation is 2. The van der Waals surface area contributed by atoms with Gasteiger partial charge >= 0.3 is 6.61 Å². The number of halogens is 2. The van der Waals surface area contributed by atoms with Gasteiger partial charge in [0.05, 0.1) is 24.1 Å². The molecular weight excluding hydrogens is 304 g/mol. The first-order valence-corrected chi connectivity index (χ1v) is 6.72. The summed E-state index contributed by atoms with van der Waals surface area (Å²) in [6.07, 6.45) is 0. The molecule has 0 aliphatic carbocycles. The monoisotopic (exact) mass is 319 g/mol. The summed E-state index contributed by atoms with van der Waals surface area (Å²) < 4.78 is 34.4. The zero-order valence-corrected chi connectivity index (χ0v) is 12.9. The molecule has 5 nitrogen and oxygen atoms in total. The van der Waals surface area contributed by atoms with E-state index in [0.29, 0.717) is 22.6 Å². The smallest absolute Gasteiger partial charge is 0.387 e. The van der Waals surface area contributed by atoms with Crippen LogP contribution < -0.4 is 14.8 Å². The maximum atomic E-state index is 12.5. The lowest BCUT2D eigenvalue weighted by atomic mass is 10.1. The number of ether oxygens (including phenoxy) is 2. The van der Waals surface area contributed by atoms with Gasteiger partial charge in [-0.15, -0.1) is 0 Å². The molecule has 0 fully saturated rings. The van der Waals surface area contributed by atoms with Gasteiger partial charge in [0.1, 0.15) is 6.07 Å². The number of alkyl halides is 2. The Hall–Kier alpha value is -2.88.